The predicted octanol–water partition coefficient (Wildman–Crippen LogP) is 2.21. The molecule has 1 rings (SSSR count). The predicted molar refractivity (Wildman–Crippen MR) is 97.0 cm³/mol. The largest absolute Gasteiger partial charge is 0.357 e. The van der Waals surface area contributed by atoms with Gasteiger partial charge in [-0.25, -0.2) is 0 Å². The highest BCUT2D eigenvalue weighted by molar-refractivity contribution is 6.30. The van der Waals surface area contributed by atoms with Crippen LogP contribution in [0.25, 0.3) is 0 Å². The second-order valence-electron chi connectivity index (χ2n) is 5.51. The molecule has 0 fully saturated rings. The van der Waals surface area contributed by atoms with Gasteiger partial charge in [0, 0.05) is 37.1 Å². The van der Waals surface area contributed by atoms with E-state index in [9.17, 15) is 4.79 Å². The van der Waals surface area contributed by atoms with Crippen LogP contribution >= 0.6 is 11.6 Å². The highest BCUT2D eigenvalue weighted by atomic mass is 35.5. The molecule has 0 heterocycles. The quantitative estimate of drug-likeness (QED) is 0.387. The number of rotatable bonds is 8. The van der Waals surface area contributed by atoms with Crippen LogP contribution in [0.15, 0.2) is 29.3 Å². The summed E-state index contributed by atoms with van der Waals surface area (Å²) in [6.45, 7) is 8.47. The van der Waals surface area contributed by atoms with Gasteiger partial charge in [-0.1, -0.05) is 37.6 Å². The van der Waals surface area contributed by atoms with Crippen LogP contribution in [0.4, 0.5) is 0 Å². The number of hydrogen-bond acceptors (Lipinski definition) is 2. The van der Waals surface area contributed by atoms with Crippen molar-refractivity contribution in [3.63, 3.8) is 0 Å². The highest BCUT2D eigenvalue weighted by Crippen LogP contribution is 2.10. The third-order valence-corrected chi connectivity index (χ3v) is 3.38. The van der Waals surface area contributed by atoms with Crippen LogP contribution in [0.5, 0.6) is 0 Å². The van der Waals surface area contributed by atoms with Crippen LogP contribution in [0, 0.1) is 5.92 Å². The van der Waals surface area contributed by atoms with Crippen molar-refractivity contribution >= 4 is 23.5 Å². The van der Waals surface area contributed by atoms with Crippen LogP contribution in [0.1, 0.15) is 26.3 Å². The number of nitrogens with zero attached hydrogens (tertiary/aromatic N) is 1. The van der Waals surface area contributed by atoms with Crippen molar-refractivity contribution in [3.8, 4) is 0 Å². The fraction of sp³-hybridized carbons (Fsp3) is 0.529. The highest BCUT2D eigenvalue weighted by Gasteiger charge is 2.05. The van der Waals surface area contributed by atoms with Crippen LogP contribution in [-0.4, -0.2) is 38.0 Å². The molecule has 1 aromatic carbocycles. The van der Waals surface area contributed by atoms with Gasteiger partial charge < -0.3 is 16.0 Å². The number of carbonyl (C=O) groups excluding carboxylic acids is 1. The van der Waals surface area contributed by atoms with Gasteiger partial charge in [0.15, 0.2) is 5.96 Å². The summed E-state index contributed by atoms with van der Waals surface area (Å²) >= 11 is 5.97. The molecule has 1 amide bonds. The van der Waals surface area contributed by atoms with E-state index in [2.05, 4.69) is 20.9 Å². The molecule has 0 unspecified atom stereocenters. The zero-order valence-corrected chi connectivity index (χ0v) is 14.9. The Kier molecular flexibility index (Phi) is 9.14. The summed E-state index contributed by atoms with van der Waals surface area (Å²) < 4.78 is 0. The zero-order valence-electron chi connectivity index (χ0n) is 14.2. The summed E-state index contributed by atoms with van der Waals surface area (Å²) in [7, 11) is 0. The van der Waals surface area contributed by atoms with Crippen LogP contribution < -0.4 is 16.0 Å². The SMILES string of the molecule is CCNC(=NCCc1cccc(Cl)c1)NCCNC(=O)C(C)C. The van der Waals surface area contributed by atoms with Gasteiger partial charge in [0.1, 0.15) is 0 Å². The molecular formula is C17H27ClN4O. The third kappa shape index (κ3) is 8.45. The van der Waals surface area contributed by atoms with Gasteiger partial charge in [0.05, 0.1) is 0 Å². The monoisotopic (exact) mass is 338 g/mol. The van der Waals surface area contributed by atoms with Crippen LogP contribution in [0.3, 0.4) is 0 Å². The number of amides is 1. The second kappa shape index (κ2) is 10.9. The van der Waals surface area contributed by atoms with Crippen molar-refractivity contribution in [1.82, 2.24) is 16.0 Å². The molecule has 1 aromatic rings. The van der Waals surface area contributed by atoms with E-state index in [4.69, 9.17) is 11.6 Å². The number of carbonyl (C=O) groups is 1. The van der Waals surface area contributed by atoms with Crippen molar-refractivity contribution in [1.29, 1.82) is 0 Å². The third-order valence-electron chi connectivity index (χ3n) is 3.14. The molecule has 0 saturated heterocycles. The molecule has 0 aliphatic heterocycles. The maximum atomic E-state index is 11.5. The Morgan fingerprint density at radius 2 is 1.96 bits per heavy atom. The Hall–Kier alpha value is -1.75. The number of nitrogens with one attached hydrogen (secondary N) is 3. The summed E-state index contributed by atoms with van der Waals surface area (Å²) in [6.07, 6.45) is 0.835. The molecule has 0 aromatic heterocycles. The first kappa shape index (κ1) is 19.3. The molecule has 5 nitrogen and oxygen atoms in total. The topological polar surface area (TPSA) is 65.5 Å². The molecule has 0 atom stereocenters. The molecule has 0 bridgehead atoms. The van der Waals surface area contributed by atoms with Gasteiger partial charge in [-0.05, 0) is 31.0 Å². The summed E-state index contributed by atoms with van der Waals surface area (Å²) in [4.78, 5) is 16.0. The lowest BCUT2D eigenvalue weighted by atomic mass is 10.1. The standard InChI is InChI=1S/C17H27ClN4O/c1-4-19-17(22-11-10-20-16(23)13(2)3)21-9-8-14-6-5-7-15(18)12-14/h5-7,12-13H,4,8-11H2,1-3H3,(H,20,23)(H2,19,21,22). The fourth-order valence-electron chi connectivity index (χ4n) is 1.90. The first-order chi connectivity index (χ1) is 11.0. The van der Waals surface area contributed by atoms with Crippen molar-refractivity contribution < 1.29 is 4.79 Å². The smallest absolute Gasteiger partial charge is 0.222 e. The Morgan fingerprint density at radius 3 is 2.61 bits per heavy atom. The zero-order chi connectivity index (χ0) is 17.1. The van der Waals surface area contributed by atoms with Gasteiger partial charge >= 0.3 is 0 Å². The van der Waals surface area contributed by atoms with E-state index in [1.807, 2.05) is 45.0 Å². The normalized spacial score (nSPS) is 11.4. The Morgan fingerprint density at radius 1 is 1.22 bits per heavy atom. The molecule has 23 heavy (non-hydrogen) atoms. The van der Waals surface area contributed by atoms with E-state index in [0.717, 1.165) is 23.9 Å². The maximum absolute atomic E-state index is 11.5. The first-order valence-corrected chi connectivity index (χ1v) is 8.45. The summed E-state index contributed by atoms with van der Waals surface area (Å²) in [5, 5.41) is 10.0. The Labute approximate surface area is 143 Å². The van der Waals surface area contributed by atoms with E-state index < -0.39 is 0 Å². The summed E-state index contributed by atoms with van der Waals surface area (Å²) in [5.74, 6) is 0.831. The summed E-state index contributed by atoms with van der Waals surface area (Å²) in [6, 6.07) is 7.82. The molecule has 0 spiro atoms. The van der Waals surface area contributed by atoms with E-state index in [0.29, 0.717) is 19.6 Å². The number of benzene rings is 1. The molecule has 3 N–H and O–H groups in total. The second-order valence-corrected chi connectivity index (χ2v) is 5.95. The molecular weight excluding hydrogens is 312 g/mol. The number of guanidine groups is 1. The van der Waals surface area contributed by atoms with Gasteiger partial charge in [-0.2, -0.15) is 0 Å². The van der Waals surface area contributed by atoms with Gasteiger partial charge in [0.2, 0.25) is 5.91 Å². The number of hydrogen-bond donors (Lipinski definition) is 3. The van der Waals surface area contributed by atoms with Crippen molar-refractivity contribution in [2.75, 3.05) is 26.2 Å². The summed E-state index contributed by atoms with van der Waals surface area (Å²) in [5.41, 5.74) is 1.17. The minimum Gasteiger partial charge on any atom is -0.357 e. The van der Waals surface area contributed by atoms with Gasteiger partial charge in [-0.15, -0.1) is 0 Å². The molecule has 0 radical (unpaired) electrons. The van der Waals surface area contributed by atoms with Crippen molar-refractivity contribution in [2.24, 2.45) is 10.9 Å². The van der Waals surface area contributed by atoms with E-state index >= 15 is 0 Å². The Bertz CT molecular complexity index is 517. The van der Waals surface area contributed by atoms with Crippen LogP contribution in [-0.2, 0) is 11.2 Å². The van der Waals surface area contributed by atoms with Crippen LogP contribution in [0.2, 0.25) is 5.02 Å². The average Bonchev–Trinajstić information content (AvgIpc) is 2.51. The van der Waals surface area contributed by atoms with Crippen molar-refractivity contribution in [3.05, 3.63) is 34.9 Å². The molecule has 0 aliphatic carbocycles. The molecule has 0 saturated carbocycles. The fourth-order valence-corrected chi connectivity index (χ4v) is 2.11. The maximum Gasteiger partial charge on any atom is 0.222 e. The minimum absolute atomic E-state index is 0.00889. The van der Waals surface area contributed by atoms with Gasteiger partial charge in [-0.3, -0.25) is 9.79 Å². The molecule has 128 valence electrons. The van der Waals surface area contributed by atoms with Crippen molar-refractivity contribution in [2.45, 2.75) is 27.2 Å². The Balaban J connectivity index is 2.36. The van der Waals surface area contributed by atoms with Gasteiger partial charge in [0.25, 0.3) is 0 Å². The van der Waals surface area contributed by atoms with E-state index in [1.165, 1.54) is 5.56 Å². The van der Waals surface area contributed by atoms with E-state index in [1.54, 1.807) is 0 Å². The molecule has 6 heteroatoms. The number of aliphatic imine (C=N–C) groups is 1. The lowest BCUT2D eigenvalue weighted by Crippen LogP contribution is -2.42. The average molecular weight is 339 g/mol. The minimum atomic E-state index is 0.00889. The lowest BCUT2D eigenvalue weighted by Gasteiger charge is -2.12. The van der Waals surface area contributed by atoms with E-state index in [-0.39, 0.29) is 11.8 Å². The first-order valence-electron chi connectivity index (χ1n) is 8.07. The molecule has 0 aliphatic rings. The lowest BCUT2D eigenvalue weighted by molar-refractivity contribution is -0.123. The number of halogens is 1.